The molecule has 2 aromatic rings. The van der Waals surface area contributed by atoms with E-state index in [4.69, 9.17) is 0 Å². The first-order valence-corrected chi connectivity index (χ1v) is 8.09. The summed E-state index contributed by atoms with van der Waals surface area (Å²) < 4.78 is 0. The molecule has 2 N–H and O–H groups in total. The molecule has 0 aromatic carbocycles. The molecule has 118 valence electrons. The van der Waals surface area contributed by atoms with E-state index in [2.05, 4.69) is 20.3 Å². The molecule has 1 atom stereocenters. The first kappa shape index (κ1) is 16.5. The third-order valence-electron chi connectivity index (χ3n) is 3.21. The molecule has 0 saturated heterocycles. The third kappa shape index (κ3) is 4.85. The summed E-state index contributed by atoms with van der Waals surface area (Å²) in [5, 5.41) is 15.1. The predicted octanol–water partition coefficient (Wildman–Crippen LogP) is 1.67. The Morgan fingerprint density at radius 1 is 1.41 bits per heavy atom. The van der Waals surface area contributed by atoms with Gasteiger partial charge in [0.25, 0.3) is 0 Å². The van der Waals surface area contributed by atoms with Gasteiger partial charge in [0.05, 0.1) is 24.4 Å². The number of aliphatic hydroxyl groups is 1. The summed E-state index contributed by atoms with van der Waals surface area (Å²) in [7, 11) is 0. The van der Waals surface area contributed by atoms with Gasteiger partial charge in [-0.25, -0.2) is 4.98 Å². The molecule has 0 spiro atoms. The Morgan fingerprint density at radius 3 is 2.91 bits per heavy atom. The van der Waals surface area contributed by atoms with Crippen LogP contribution < -0.4 is 5.32 Å². The van der Waals surface area contributed by atoms with E-state index in [0.29, 0.717) is 24.4 Å². The number of hydrogen-bond donors (Lipinski definition) is 2. The van der Waals surface area contributed by atoms with Crippen LogP contribution in [0, 0.1) is 5.92 Å². The molecule has 2 rings (SSSR count). The maximum atomic E-state index is 11.9. The highest BCUT2D eigenvalue weighted by Gasteiger charge is 2.12. The van der Waals surface area contributed by atoms with Crippen LogP contribution in [0.25, 0.3) is 10.7 Å². The van der Waals surface area contributed by atoms with Crippen LogP contribution in [0.5, 0.6) is 0 Å². The lowest BCUT2D eigenvalue weighted by molar-refractivity contribution is -0.120. The number of amides is 1. The highest BCUT2D eigenvalue weighted by Crippen LogP contribution is 2.20. The Bertz CT molecular complexity index is 601. The third-order valence-corrected chi connectivity index (χ3v) is 4.12. The van der Waals surface area contributed by atoms with Crippen molar-refractivity contribution in [3.8, 4) is 10.7 Å². The Morgan fingerprint density at radius 2 is 2.23 bits per heavy atom. The van der Waals surface area contributed by atoms with Crippen LogP contribution in [0.15, 0.2) is 24.0 Å². The van der Waals surface area contributed by atoms with Crippen molar-refractivity contribution in [2.75, 3.05) is 6.54 Å². The summed E-state index contributed by atoms with van der Waals surface area (Å²) in [6.45, 7) is 4.38. The number of rotatable bonds is 7. The molecule has 0 radical (unpaired) electrons. The highest BCUT2D eigenvalue weighted by atomic mass is 32.1. The lowest BCUT2D eigenvalue weighted by Crippen LogP contribution is -2.29. The van der Waals surface area contributed by atoms with Crippen LogP contribution in [0.3, 0.4) is 0 Å². The lowest BCUT2D eigenvalue weighted by atomic mass is 10.0. The molecule has 1 unspecified atom stereocenters. The molecule has 0 aliphatic carbocycles. The zero-order chi connectivity index (χ0) is 15.9. The van der Waals surface area contributed by atoms with Crippen LogP contribution in [-0.2, 0) is 11.2 Å². The number of nitrogens with zero attached hydrogens (tertiary/aromatic N) is 3. The van der Waals surface area contributed by atoms with Gasteiger partial charge in [-0.3, -0.25) is 14.8 Å². The number of nitrogens with one attached hydrogen (secondary N) is 1. The van der Waals surface area contributed by atoms with E-state index in [1.54, 1.807) is 18.6 Å². The Hall–Kier alpha value is -1.86. The molecule has 0 fully saturated rings. The van der Waals surface area contributed by atoms with Crippen molar-refractivity contribution in [3.63, 3.8) is 0 Å². The summed E-state index contributed by atoms with van der Waals surface area (Å²) in [6.07, 6.45) is 5.28. The van der Waals surface area contributed by atoms with Gasteiger partial charge < -0.3 is 10.4 Å². The monoisotopic (exact) mass is 320 g/mol. The average molecular weight is 320 g/mol. The second-order valence-electron chi connectivity index (χ2n) is 5.36. The van der Waals surface area contributed by atoms with Gasteiger partial charge in [0.1, 0.15) is 10.7 Å². The molecule has 6 nitrogen and oxygen atoms in total. The SMILES string of the molecule is CC(C)C(O)CCNC(=O)Cc1csc(-c2cnccn2)n1. The van der Waals surface area contributed by atoms with Crippen LogP contribution in [0.4, 0.5) is 0 Å². The topological polar surface area (TPSA) is 88.0 Å². The first-order chi connectivity index (χ1) is 10.6. The van der Waals surface area contributed by atoms with Gasteiger partial charge in [-0.2, -0.15) is 0 Å². The van der Waals surface area contributed by atoms with Crippen molar-refractivity contribution in [1.82, 2.24) is 20.3 Å². The van der Waals surface area contributed by atoms with Crippen LogP contribution in [-0.4, -0.2) is 38.6 Å². The normalized spacial score (nSPS) is 12.4. The lowest BCUT2D eigenvalue weighted by Gasteiger charge is -2.14. The molecule has 0 saturated carbocycles. The molecule has 1 amide bonds. The number of thiazole rings is 1. The van der Waals surface area contributed by atoms with Gasteiger partial charge in [0.2, 0.25) is 5.91 Å². The largest absolute Gasteiger partial charge is 0.393 e. The molecule has 0 aliphatic rings. The van der Waals surface area contributed by atoms with Gasteiger partial charge in [-0.1, -0.05) is 13.8 Å². The van der Waals surface area contributed by atoms with Crippen molar-refractivity contribution in [1.29, 1.82) is 0 Å². The summed E-state index contributed by atoms with van der Waals surface area (Å²) in [5.41, 5.74) is 1.42. The Balaban J connectivity index is 1.82. The van der Waals surface area contributed by atoms with Gasteiger partial charge >= 0.3 is 0 Å². The second-order valence-corrected chi connectivity index (χ2v) is 6.22. The van der Waals surface area contributed by atoms with Crippen LogP contribution in [0.2, 0.25) is 0 Å². The summed E-state index contributed by atoms with van der Waals surface area (Å²) in [4.78, 5) is 24.4. The minimum atomic E-state index is -0.386. The summed E-state index contributed by atoms with van der Waals surface area (Å²) in [6, 6.07) is 0. The number of aromatic nitrogens is 3. The summed E-state index contributed by atoms with van der Waals surface area (Å²) >= 11 is 1.44. The number of hydrogen-bond acceptors (Lipinski definition) is 6. The first-order valence-electron chi connectivity index (χ1n) is 7.22. The fourth-order valence-corrected chi connectivity index (χ4v) is 2.61. The van der Waals surface area contributed by atoms with Gasteiger partial charge in [0, 0.05) is 24.3 Å². The zero-order valence-corrected chi connectivity index (χ0v) is 13.5. The maximum absolute atomic E-state index is 11.9. The Labute approximate surface area is 133 Å². The van der Waals surface area contributed by atoms with Crippen LogP contribution >= 0.6 is 11.3 Å². The van der Waals surface area contributed by atoms with Crippen molar-refractivity contribution >= 4 is 17.2 Å². The van der Waals surface area contributed by atoms with Gasteiger partial charge in [-0.15, -0.1) is 11.3 Å². The van der Waals surface area contributed by atoms with E-state index in [1.165, 1.54) is 11.3 Å². The number of carbonyl (C=O) groups excluding carboxylic acids is 1. The molecule has 0 aliphatic heterocycles. The number of carbonyl (C=O) groups is 1. The van der Waals surface area contributed by atoms with Crippen molar-refractivity contribution in [2.45, 2.75) is 32.8 Å². The number of aliphatic hydroxyl groups excluding tert-OH is 1. The average Bonchev–Trinajstić information content (AvgIpc) is 2.96. The van der Waals surface area contributed by atoms with E-state index in [9.17, 15) is 9.90 Å². The van der Waals surface area contributed by atoms with Crippen LogP contribution in [0.1, 0.15) is 26.0 Å². The smallest absolute Gasteiger partial charge is 0.226 e. The van der Waals surface area contributed by atoms with Crippen molar-refractivity contribution in [3.05, 3.63) is 29.7 Å². The zero-order valence-electron chi connectivity index (χ0n) is 12.7. The molecule has 0 bridgehead atoms. The van der Waals surface area contributed by atoms with Gasteiger partial charge in [-0.05, 0) is 12.3 Å². The van der Waals surface area contributed by atoms with E-state index in [-0.39, 0.29) is 24.3 Å². The van der Waals surface area contributed by atoms with E-state index < -0.39 is 0 Å². The second kappa shape index (κ2) is 7.95. The molecule has 7 heteroatoms. The summed E-state index contributed by atoms with van der Waals surface area (Å²) in [5.74, 6) is 0.108. The van der Waals surface area contributed by atoms with Crippen molar-refractivity contribution < 1.29 is 9.90 Å². The Kier molecular flexibility index (Phi) is 5.97. The van der Waals surface area contributed by atoms with Crippen molar-refractivity contribution in [2.24, 2.45) is 5.92 Å². The molecule has 2 aromatic heterocycles. The predicted molar refractivity (Wildman–Crippen MR) is 85.3 cm³/mol. The minimum Gasteiger partial charge on any atom is -0.393 e. The molecular formula is C15H20N4O2S. The fraction of sp³-hybridized carbons (Fsp3) is 0.467. The van der Waals surface area contributed by atoms with Gasteiger partial charge in [0.15, 0.2) is 0 Å². The van der Waals surface area contributed by atoms with E-state index in [0.717, 1.165) is 5.01 Å². The minimum absolute atomic E-state index is 0.0908. The fourth-order valence-electron chi connectivity index (χ4n) is 1.84. The maximum Gasteiger partial charge on any atom is 0.226 e. The quantitative estimate of drug-likeness (QED) is 0.810. The molecule has 2 heterocycles. The van der Waals surface area contributed by atoms with E-state index >= 15 is 0 Å². The highest BCUT2D eigenvalue weighted by molar-refractivity contribution is 7.13. The van der Waals surface area contributed by atoms with E-state index in [1.807, 2.05) is 19.2 Å². The molecule has 22 heavy (non-hydrogen) atoms. The molecular weight excluding hydrogens is 300 g/mol. The standard InChI is InChI=1S/C15H20N4O2S/c1-10(2)13(20)3-4-18-14(21)7-11-9-22-15(19-11)12-8-16-5-6-17-12/h5-6,8-10,13,20H,3-4,7H2,1-2H3,(H,18,21).